The summed E-state index contributed by atoms with van der Waals surface area (Å²) in [5.74, 6) is 1.25. The van der Waals surface area contributed by atoms with E-state index < -0.39 is 0 Å². The zero-order chi connectivity index (χ0) is 10.3. The third kappa shape index (κ3) is 1.03. The molecule has 0 atom stereocenters. The number of anilines is 2. The van der Waals surface area contributed by atoms with Crippen LogP contribution in [0.5, 0.6) is 5.75 Å². The predicted molar refractivity (Wildman–Crippen MR) is 55.7 cm³/mol. The Hall–Kier alpha value is -2.30. The third-order valence-corrected chi connectivity index (χ3v) is 2.37. The van der Waals surface area contributed by atoms with Gasteiger partial charge in [-0.2, -0.15) is 0 Å². The predicted octanol–water partition coefficient (Wildman–Crippen LogP) is 1.52. The van der Waals surface area contributed by atoms with Crippen molar-refractivity contribution in [1.82, 2.24) is 4.98 Å². The standard InChI is InChI=1S/C10H7N3O2/c14-5-15-7-2-1-6-3-4-11-10-8(6)9(7)12-13-10/h1-5H,(H2,11,12,13). The van der Waals surface area contributed by atoms with E-state index in [1.54, 1.807) is 12.3 Å². The van der Waals surface area contributed by atoms with Crippen LogP contribution >= 0.6 is 0 Å². The second-order valence-electron chi connectivity index (χ2n) is 3.16. The number of hydrazine groups is 1. The summed E-state index contributed by atoms with van der Waals surface area (Å²) in [5, 5.41) is 1.99. The van der Waals surface area contributed by atoms with Gasteiger partial charge in [-0.15, -0.1) is 0 Å². The number of aromatic nitrogens is 1. The van der Waals surface area contributed by atoms with Crippen LogP contribution in [0.4, 0.5) is 11.5 Å². The molecular formula is C10H7N3O2. The highest BCUT2D eigenvalue weighted by molar-refractivity contribution is 6.07. The molecule has 0 aliphatic carbocycles. The lowest BCUT2D eigenvalue weighted by Crippen LogP contribution is -2.03. The first-order valence-electron chi connectivity index (χ1n) is 4.44. The van der Waals surface area contributed by atoms with Gasteiger partial charge in [-0.1, -0.05) is 6.07 Å². The van der Waals surface area contributed by atoms with Crippen molar-refractivity contribution >= 4 is 28.7 Å². The van der Waals surface area contributed by atoms with Gasteiger partial charge < -0.3 is 4.74 Å². The first-order chi connectivity index (χ1) is 7.40. The van der Waals surface area contributed by atoms with Crippen LogP contribution in [0.2, 0.25) is 0 Å². The minimum absolute atomic E-state index is 0.410. The lowest BCUT2D eigenvalue weighted by molar-refractivity contribution is -0.120. The molecule has 15 heavy (non-hydrogen) atoms. The summed E-state index contributed by atoms with van der Waals surface area (Å²) >= 11 is 0. The van der Waals surface area contributed by atoms with Crippen LogP contribution in [0, 0.1) is 0 Å². The van der Waals surface area contributed by atoms with E-state index in [2.05, 4.69) is 15.8 Å². The molecule has 0 radical (unpaired) electrons. The van der Waals surface area contributed by atoms with Crippen LogP contribution in [0.15, 0.2) is 24.4 Å². The fourth-order valence-corrected chi connectivity index (χ4v) is 1.74. The van der Waals surface area contributed by atoms with Crippen LogP contribution in [-0.4, -0.2) is 11.5 Å². The highest BCUT2D eigenvalue weighted by Crippen LogP contribution is 2.39. The van der Waals surface area contributed by atoms with E-state index in [-0.39, 0.29) is 0 Å². The molecule has 0 fully saturated rings. The number of carbonyl (C=O) groups excluding carboxylic acids is 1. The van der Waals surface area contributed by atoms with Gasteiger partial charge in [0.25, 0.3) is 6.47 Å². The number of nitrogens with zero attached hydrogens (tertiary/aromatic N) is 1. The smallest absolute Gasteiger partial charge is 0.298 e. The molecule has 74 valence electrons. The normalized spacial score (nSPS) is 12.0. The van der Waals surface area contributed by atoms with Gasteiger partial charge in [0.1, 0.15) is 5.69 Å². The first-order valence-corrected chi connectivity index (χ1v) is 4.44. The Morgan fingerprint density at radius 3 is 3.07 bits per heavy atom. The van der Waals surface area contributed by atoms with Crippen LogP contribution in [-0.2, 0) is 4.79 Å². The summed E-state index contributed by atoms with van der Waals surface area (Å²) in [6.07, 6.45) is 1.72. The van der Waals surface area contributed by atoms with Gasteiger partial charge >= 0.3 is 0 Å². The largest absolute Gasteiger partial charge is 0.426 e. The van der Waals surface area contributed by atoms with Crippen molar-refractivity contribution < 1.29 is 9.53 Å². The highest BCUT2D eigenvalue weighted by Gasteiger charge is 2.18. The van der Waals surface area contributed by atoms with Crippen LogP contribution in [0.3, 0.4) is 0 Å². The van der Waals surface area contributed by atoms with E-state index in [9.17, 15) is 4.79 Å². The molecular weight excluding hydrogens is 194 g/mol. The van der Waals surface area contributed by atoms with Crippen molar-refractivity contribution in [3.63, 3.8) is 0 Å². The summed E-state index contributed by atoms with van der Waals surface area (Å²) in [6, 6.07) is 5.54. The summed E-state index contributed by atoms with van der Waals surface area (Å²) < 4.78 is 4.86. The van der Waals surface area contributed by atoms with Crippen LogP contribution in [0.25, 0.3) is 10.8 Å². The van der Waals surface area contributed by atoms with E-state index in [1.807, 2.05) is 12.1 Å². The van der Waals surface area contributed by atoms with Crippen molar-refractivity contribution in [1.29, 1.82) is 0 Å². The Kier molecular flexibility index (Phi) is 1.53. The number of benzene rings is 1. The Morgan fingerprint density at radius 2 is 2.20 bits per heavy atom. The Morgan fingerprint density at radius 1 is 1.27 bits per heavy atom. The molecule has 2 aromatic rings. The summed E-state index contributed by atoms with van der Waals surface area (Å²) in [5.41, 5.74) is 6.60. The number of hydrogen-bond acceptors (Lipinski definition) is 5. The van der Waals surface area contributed by atoms with Crippen LogP contribution < -0.4 is 15.6 Å². The summed E-state index contributed by atoms with van der Waals surface area (Å²) in [6.45, 7) is 0.410. The Balaban J connectivity index is 2.35. The third-order valence-electron chi connectivity index (χ3n) is 2.37. The number of carbonyl (C=O) groups is 1. The number of pyridine rings is 1. The molecule has 0 bridgehead atoms. The van der Waals surface area contributed by atoms with Gasteiger partial charge in [0.15, 0.2) is 11.6 Å². The molecule has 0 saturated heterocycles. The summed E-state index contributed by atoms with van der Waals surface area (Å²) in [7, 11) is 0. The second-order valence-corrected chi connectivity index (χ2v) is 3.16. The molecule has 0 unspecified atom stereocenters. The molecule has 5 heteroatoms. The van der Waals surface area contributed by atoms with Gasteiger partial charge in [0.05, 0.1) is 5.39 Å². The lowest BCUT2D eigenvalue weighted by atomic mass is 10.1. The molecule has 1 aliphatic rings. The van der Waals surface area contributed by atoms with Crippen LogP contribution in [0.1, 0.15) is 0 Å². The average Bonchev–Trinajstić information content (AvgIpc) is 2.69. The monoisotopic (exact) mass is 201 g/mol. The van der Waals surface area contributed by atoms with E-state index in [0.717, 1.165) is 22.3 Å². The average molecular weight is 201 g/mol. The van der Waals surface area contributed by atoms with E-state index in [1.165, 1.54) is 0 Å². The lowest BCUT2D eigenvalue weighted by Gasteiger charge is -2.04. The zero-order valence-electron chi connectivity index (χ0n) is 7.65. The van der Waals surface area contributed by atoms with E-state index >= 15 is 0 Å². The molecule has 2 heterocycles. The second kappa shape index (κ2) is 2.84. The van der Waals surface area contributed by atoms with E-state index in [4.69, 9.17) is 4.74 Å². The maximum absolute atomic E-state index is 10.3. The van der Waals surface area contributed by atoms with Crippen molar-refractivity contribution in [2.24, 2.45) is 0 Å². The number of hydrogen-bond donors (Lipinski definition) is 2. The molecule has 1 aromatic heterocycles. The maximum Gasteiger partial charge on any atom is 0.298 e. The number of nitrogens with one attached hydrogen (secondary N) is 2. The fraction of sp³-hybridized carbons (Fsp3) is 0. The van der Waals surface area contributed by atoms with E-state index in [0.29, 0.717) is 12.2 Å². The van der Waals surface area contributed by atoms with Gasteiger partial charge in [-0.3, -0.25) is 15.6 Å². The molecule has 5 nitrogen and oxygen atoms in total. The molecule has 0 saturated carbocycles. The molecule has 1 aliphatic heterocycles. The molecule has 0 amide bonds. The van der Waals surface area contributed by atoms with Crippen molar-refractivity contribution in [2.75, 3.05) is 10.9 Å². The van der Waals surface area contributed by atoms with Crippen molar-refractivity contribution in [3.8, 4) is 5.75 Å². The molecule has 3 rings (SSSR count). The summed E-state index contributed by atoms with van der Waals surface area (Å²) in [4.78, 5) is 14.5. The first kappa shape index (κ1) is 8.05. The van der Waals surface area contributed by atoms with Gasteiger partial charge in [0, 0.05) is 6.20 Å². The van der Waals surface area contributed by atoms with Crippen molar-refractivity contribution in [3.05, 3.63) is 24.4 Å². The molecule has 0 spiro atoms. The quantitative estimate of drug-likeness (QED) is 0.721. The topological polar surface area (TPSA) is 63.2 Å². The van der Waals surface area contributed by atoms with Gasteiger partial charge in [-0.05, 0) is 17.5 Å². The minimum Gasteiger partial charge on any atom is -0.426 e. The Bertz CT molecular complexity index is 554. The highest BCUT2D eigenvalue weighted by atomic mass is 16.5. The fourth-order valence-electron chi connectivity index (χ4n) is 1.74. The maximum atomic E-state index is 10.3. The van der Waals surface area contributed by atoms with Gasteiger partial charge in [-0.25, -0.2) is 4.98 Å². The Labute approximate surface area is 85.0 Å². The SMILES string of the molecule is O=COc1ccc2ccnc3c2c1NN3. The van der Waals surface area contributed by atoms with Crippen molar-refractivity contribution in [2.45, 2.75) is 0 Å². The minimum atomic E-state index is 0.410. The number of ether oxygens (including phenoxy) is 1. The van der Waals surface area contributed by atoms with Gasteiger partial charge in [0.2, 0.25) is 0 Å². The molecule has 2 N–H and O–H groups in total. The zero-order valence-corrected chi connectivity index (χ0v) is 7.65. The number of rotatable bonds is 2. The molecule has 1 aromatic carbocycles.